The highest BCUT2D eigenvalue weighted by Crippen LogP contribution is 2.34. The monoisotopic (exact) mass is 263 g/mol. The highest BCUT2D eigenvalue weighted by atomic mass is 16.7. The summed E-state index contributed by atoms with van der Waals surface area (Å²) >= 11 is 0. The molecule has 4 heteroatoms. The summed E-state index contributed by atoms with van der Waals surface area (Å²) in [4.78, 5) is 11.8. The molecule has 1 amide bonds. The second kappa shape index (κ2) is 6.45. The van der Waals surface area contributed by atoms with Crippen molar-refractivity contribution >= 4 is 5.91 Å². The number of carbonyl (C=O) groups is 1. The van der Waals surface area contributed by atoms with Gasteiger partial charge in [0.05, 0.1) is 6.04 Å². The lowest BCUT2D eigenvalue weighted by Crippen LogP contribution is -2.26. The van der Waals surface area contributed by atoms with E-state index in [0.717, 1.165) is 36.3 Å². The number of nitrogens with one attached hydrogen (secondary N) is 1. The first-order chi connectivity index (χ1) is 9.20. The highest BCUT2D eigenvalue weighted by Gasteiger charge is 2.16. The summed E-state index contributed by atoms with van der Waals surface area (Å²) in [5, 5.41) is 3.01. The van der Waals surface area contributed by atoms with Crippen LogP contribution in [-0.4, -0.2) is 12.7 Å². The molecule has 0 fully saturated rings. The van der Waals surface area contributed by atoms with Crippen molar-refractivity contribution in [3.8, 4) is 11.5 Å². The fourth-order valence-corrected chi connectivity index (χ4v) is 2.12. The molecule has 1 atom stereocenters. The van der Waals surface area contributed by atoms with Crippen LogP contribution in [-0.2, 0) is 4.79 Å². The molecular formula is C15H21NO3. The van der Waals surface area contributed by atoms with E-state index in [-0.39, 0.29) is 18.7 Å². The standard InChI is InChI=1S/C15H21NO3/c1-3-4-5-6-15(17)16-11(2)12-7-8-13-14(9-12)19-10-18-13/h7-9,11H,3-6,10H2,1-2H3,(H,16,17). The normalized spacial score (nSPS) is 14.2. The molecule has 1 aliphatic rings. The molecule has 0 saturated heterocycles. The zero-order chi connectivity index (χ0) is 13.7. The summed E-state index contributed by atoms with van der Waals surface area (Å²) < 4.78 is 10.6. The molecular weight excluding hydrogens is 242 g/mol. The number of rotatable bonds is 6. The molecule has 1 aromatic carbocycles. The second-order valence-electron chi connectivity index (χ2n) is 4.86. The van der Waals surface area contributed by atoms with Crippen molar-refractivity contribution in [2.24, 2.45) is 0 Å². The van der Waals surface area contributed by atoms with Crippen molar-refractivity contribution in [2.45, 2.75) is 45.6 Å². The molecule has 4 nitrogen and oxygen atoms in total. The van der Waals surface area contributed by atoms with Crippen LogP contribution in [0.3, 0.4) is 0 Å². The maximum absolute atomic E-state index is 11.8. The molecule has 0 aliphatic carbocycles. The highest BCUT2D eigenvalue weighted by molar-refractivity contribution is 5.76. The van der Waals surface area contributed by atoms with Crippen LogP contribution in [0, 0.1) is 0 Å². The predicted molar refractivity (Wildman–Crippen MR) is 73.3 cm³/mol. The molecule has 1 unspecified atom stereocenters. The van der Waals surface area contributed by atoms with E-state index in [1.54, 1.807) is 0 Å². The topological polar surface area (TPSA) is 47.6 Å². The molecule has 1 heterocycles. The third kappa shape index (κ3) is 3.63. The number of ether oxygens (including phenoxy) is 2. The van der Waals surface area contributed by atoms with E-state index < -0.39 is 0 Å². The van der Waals surface area contributed by atoms with Crippen LogP contribution < -0.4 is 14.8 Å². The summed E-state index contributed by atoms with van der Waals surface area (Å²) in [7, 11) is 0. The molecule has 0 spiro atoms. The Hall–Kier alpha value is -1.71. The first kappa shape index (κ1) is 13.7. The Labute approximate surface area is 114 Å². The minimum atomic E-state index is -0.0105. The van der Waals surface area contributed by atoms with Gasteiger partial charge in [0.1, 0.15) is 0 Å². The van der Waals surface area contributed by atoms with Crippen LogP contribution in [0.2, 0.25) is 0 Å². The van der Waals surface area contributed by atoms with E-state index in [0.29, 0.717) is 6.42 Å². The van der Waals surface area contributed by atoms with Crippen molar-refractivity contribution in [1.29, 1.82) is 0 Å². The van der Waals surface area contributed by atoms with Gasteiger partial charge in [-0.05, 0) is 31.0 Å². The van der Waals surface area contributed by atoms with Crippen LogP contribution >= 0.6 is 0 Å². The molecule has 2 rings (SSSR count). The molecule has 0 bridgehead atoms. The van der Waals surface area contributed by atoms with Gasteiger partial charge in [-0.3, -0.25) is 4.79 Å². The number of amides is 1. The first-order valence-electron chi connectivity index (χ1n) is 6.89. The molecule has 1 aliphatic heterocycles. The minimum Gasteiger partial charge on any atom is -0.454 e. The van der Waals surface area contributed by atoms with Gasteiger partial charge < -0.3 is 14.8 Å². The van der Waals surface area contributed by atoms with E-state index in [4.69, 9.17) is 9.47 Å². The van der Waals surface area contributed by atoms with E-state index in [2.05, 4.69) is 12.2 Å². The van der Waals surface area contributed by atoms with Crippen molar-refractivity contribution < 1.29 is 14.3 Å². The van der Waals surface area contributed by atoms with Crippen LogP contribution in [0.1, 0.15) is 51.1 Å². The fraction of sp³-hybridized carbons (Fsp3) is 0.533. The zero-order valence-corrected chi connectivity index (χ0v) is 11.6. The lowest BCUT2D eigenvalue weighted by Gasteiger charge is -2.14. The van der Waals surface area contributed by atoms with Gasteiger partial charge in [0.25, 0.3) is 0 Å². The lowest BCUT2D eigenvalue weighted by molar-refractivity contribution is -0.121. The second-order valence-corrected chi connectivity index (χ2v) is 4.86. The minimum absolute atomic E-state index is 0.0105. The summed E-state index contributed by atoms with van der Waals surface area (Å²) in [5.41, 5.74) is 1.04. The van der Waals surface area contributed by atoms with Crippen LogP contribution in [0.5, 0.6) is 11.5 Å². The third-order valence-electron chi connectivity index (χ3n) is 3.28. The Kier molecular flexibility index (Phi) is 4.66. The van der Waals surface area contributed by atoms with Crippen molar-refractivity contribution in [3.05, 3.63) is 23.8 Å². The van der Waals surface area contributed by atoms with Gasteiger partial charge in [-0.2, -0.15) is 0 Å². The van der Waals surface area contributed by atoms with Crippen LogP contribution in [0.15, 0.2) is 18.2 Å². The van der Waals surface area contributed by atoms with Gasteiger partial charge in [-0.25, -0.2) is 0 Å². The van der Waals surface area contributed by atoms with Gasteiger partial charge >= 0.3 is 0 Å². The largest absolute Gasteiger partial charge is 0.454 e. The average molecular weight is 263 g/mol. The molecule has 0 aromatic heterocycles. The average Bonchev–Trinajstić information content (AvgIpc) is 2.86. The van der Waals surface area contributed by atoms with E-state index >= 15 is 0 Å². The Bertz CT molecular complexity index is 445. The zero-order valence-electron chi connectivity index (χ0n) is 11.6. The Morgan fingerprint density at radius 1 is 1.32 bits per heavy atom. The Balaban J connectivity index is 1.89. The molecule has 1 aromatic rings. The SMILES string of the molecule is CCCCCC(=O)NC(C)c1ccc2c(c1)OCO2. The number of fused-ring (bicyclic) bond motifs is 1. The van der Waals surface area contributed by atoms with E-state index in [1.807, 2.05) is 25.1 Å². The van der Waals surface area contributed by atoms with Crippen molar-refractivity contribution in [2.75, 3.05) is 6.79 Å². The number of carbonyl (C=O) groups excluding carboxylic acids is 1. The summed E-state index contributed by atoms with van der Waals surface area (Å²) in [6.45, 7) is 4.39. The number of hydrogen-bond donors (Lipinski definition) is 1. The number of hydrogen-bond acceptors (Lipinski definition) is 3. The lowest BCUT2D eigenvalue weighted by atomic mass is 10.1. The van der Waals surface area contributed by atoms with Crippen molar-refractivity contribution in [3.63, 3.8) is 0 Å². The number of benzene rings is 1. The Morgan fingerprint density at radius 3 is 2.89 bits per heavy atom. The van der Waals surface area contributed by atoms with Crippen LogP contribution in [0.25, 0.3) is 0 Å². The quantitative estimate of drug-likeness (QED) is 0.802. The fourth-order valence-electron chi connectivity index (χ4n) is 2.12. The van der Waals surface area contributed by atoms with Gasteiger partial charge in [0.15, 0.2) is 11.5 Å². The summed E-state index contributed by atoms with van der Waals surface area (Å²) in [5.74, 6) is 1.63. The molecule has 19 heavy (non-hydrogen) atoms. The third-order valence-corrected chi connectivity index (χ3v) is 3.28. The maximum Gasteiger partial charge on any atom is 0.231 e. The molecule has 104 valence electrons. The smallest absolute Gasteiger partial charge is 0.231 e. The van der Waals surface area contributed by atoms with E-state index in [9.17, 15) is 4.79 Å². The summed E-state index contributed by atoms with van der Waals surface area (Å²) in [6.07, 6.45) is 3.79. The molecule has 0 saturated carbocycles. The first-order valence-corrected chi connectivity index (χ1v) is 6.89. The maximum atomic E-state index is 11.8. The van der Waals surface area contributed by atoms with Crippen molar-refractivity contribution in [1.82, 2.24) is 5.32 Å². The van der Waals surface area contributed by atoms with E-state index in [1.165, 1.54) is 0 Å². The van der Waals surface area contributed by atoms with Gasteiger partial charge in [-0.15, -0.1) is 0 Å². The predicted octanol–water partition coefficient (Wildman–Crippen LogP) is 3.17. The van der Waals surface area contributed by atoms with Gasteiger partial charge in [-0.1, -0.05) is 25.8 Å². The molecule has 1 N–H and O–H groups in total. The van der Waals surface area contributed by atoms with Crippen LogP contribution in [0.4, 0.5) is 0 Å². The summed E-state index contributed by atoms with van der Waals surface area (Å²) in [6, 6.07) is 5.77. The Morgan fingerprint density at radius 2 is 2.11 bits per heavy atom. The van der Waals surface area contributed by atoms with Gasteiger partial charge in [0.2, 0.25) is 12.7 Å². The number of unbranched alkanes of at least 4 members (excludes halogenated alkanes) is 2. The molecule has 0 radical (unpaired) electrons. The van der Waals surface area contributed by atoms with Gasteiger partial charge in [0, 0.05) is 6.42 Å².